The fraction of sp³-hybridized carbons (Fsp3) is 0.0625. The summed E-state index contributed by atoms with van der Waals surface area (Å²) in [6.45, 7) is 0.533. The molecular formula is C16H14FN3. The monoisotopic (exact) mass is 267 g/mol. The van der Waals surface area contributed by atoms with Gasteiger partial charge in [0.25, 0.3) is 0 Å². The zero-order valence-electron chi connectivity index (χ0n) is 10.8. The molecular weight excluding hydrogens is 253 g/mol. The topological polar surface area (TPSA) is 50.9 Å². The number of anilines is 2. The van der Waals surface area contributed by atoms with Crippen molar-refractivity contribution in [2.45, 2.75) is 6.54 Å². The van der Waals surface area contributed by atoms with E-state index in [1.165, 1.54) is 12.1 Å². The minimum Gasteiger partial charge on any atom is -0.399 e. The highest BCUT2D eigenvalue weighted by atomic mass is 19.1. The smallest absolute Gasteiger partial charge is 0.126 e. The van der Waals surface area contributed by atoms with Gasteiger partial charge in [-0.25, -0.2) is 9.37 Å². The number of rotatable bonds is 3. The third-order valence-electron chi connectivity index (χ3n) is 3.08. The summed E-state index contributed by atoms with van der Waals surface area (Å²) >= 11 is 0. The van der Waals surface area contributed by atoms with Gasteiger partial charge in [0.05, 0.1) is 5.52 Å². The molecule has 100 valence electrons. The average molecular weight is 267 g/mol. The van der Waals surface area contributed by atoms with Gasteiger partial charge in [0.15, 0.2) is 0 Å². The number of halogens is 1. The summed E-state index contributed by atoms with van der Waals surface area (Å²) in [5, 5.41) is 4.19. The normalized spacial score (nSPS) is 10.7. The molecule has 1 aromatic heterocycles. The Hall–Kier alpha value is -2.62. The van der Waals surface area contributed by atoms with Gasteiger partial charge in [-0.05, 0) is 48.0 Å². The summed E-state index contributed by atoms with van der Waals surface area (Å²) in [7, 11) is 0. The number of nitrogens with zero attached hydrogens (tertiary/aromatic N) is 1. The van der Waals surface area contributed by atoms with Gasteiger partial charge in [-0.2, -0.15) is 0 Å². The van der Waals surface area contributed by atoms with Crippen LogP contribution in [0.25, 0.3) is 10.9 Å². The van der Waals surface area contributed by atoms with Gasteiger partial charge in [0.1, 0.15) is 11.6 Å². The number of aromatic nitrogens is 1. The lowest BCUT2D eigenvalue weighted by atomic mass is 10.2. The van der Waals surface area contributed by atoms with Crippen LogP contribution >= 0.6 is 0 Å². The van der Waals surface area contributed by atoms with Crippen LogP contribution in [0.4, 0.5) is 15.9 Å². The second-order valence-corrected chi connectivity index (χ2v) is 4.63. The van der Waals surface area contributed by atoms with Crippen LogP contribution in [0.1, 0.15) is 5.56 Å². The third kappa shape index (κ3) is 2.69. The summed E-state index contributed by atoms with van der Waals surface area (Å²) in [6, 6.07) is 16.0. The molecule has 0 amide bonds. The van der Waals surface area contributed by atoms with Gasteiger partial charge in [-0.3, -0.25) is 0 Å². The van der Waals surface area contributed by atoms with Gasteiger partial charge < -0.3 is 11.1 Å². The van der Waals surface area contributed by atoms with Gasteiger partial charge in [-0.15, -0.1) is 0 Å². The van der Waals surface area contributed by atoms with E-state index in [-0.39, 0.29) is 5.82 Å². The predicted molar refractivity (Wildman–Crippen MR) is 79.9 cm³/mol. The van der Waals surface area contributed by atoms with Crippen molar-refractivity contribution in [2.75, 3.05) is 11.1 Å². The standard InChI is InChI=1S/C16H14FN3/c17-13-3-1-2-11(8-13)10-19-16-7-4-12-9-14(18)5-6-15(12)20-16/h1-9H,10,18H2,(H,19,20). The van der Waals surface area contributed by atoms with E-state index in [4.69, 9.17) is 5.73 Å². The van der Waals surface area contributed by atoms with E-state index < -0.39 is 0 Å². The van der Waals surface area contributed by atoms with E-state index in [0.717, 1.165) is 28.0 Å². The molecule has 2 aromatic carbocycles. The molecule has 20 heavy (non-hydrogen) atoms. The average Bonchev–Trinajstić information content (AvgIpc) is 2.45. The SMILES string of the molecule is Nc1ccc2nc(NCc3cccc(F)c3)ccc2c1. The molecule has 0 aliphatic carbocycles. The Morgan fingerprint density at radius 3 is 2.80 bits per heavy atom. The molecule has 0 saturated carbocycles. The van der Waals surface area contributed by atoms with Crippen LogP contribution in [0, 0.1) is 5.82 Å². The summed E-state index contributed by atoms with van der Waals surface area (Å²) in [6.07, 6.45) is 0. The molecule has 1 heterocycles. The lowest BCUT2D eigenvalue weighted by Gasteiger charge is -2.07. The quantitative estimate of drug-likeness (QED) is 0.713. The van der Waals surface area contributed by atoms with Gasteiger partial charge in [0.2, 0.25) is 0 Å². The van der Waals surface area contributed by atoms with E-state index in [1.807, 2.05) is 36.4 Å². The second-order valence-electron chi connectivity index (χ2n) is 4.63. The van der Waals surface area contributed by atoms with Crippen molar-refractivity contribution >= 4 is 22.4 Å². The summed E-state index contributed by atoms with van der Waals surface area (Å²) in [5.41, 5.74) is 8.21. The molecule has 0 aliphatic heterocycles. The molecule has 0 bridgehead atoms. The number of nitrogens with two attached hydrogens (primary N) is 1. The van der Waals surface area contributed by atoms with Crippen molar-refractivity contribution in [3.63, 3.8) is 0 Å². The van der Waals surface area contributed by atoms with Crippen LogP contribution in [0.3, 0.4) is 0 Å². The van der Waals surface area contributed by atoms with Crippen molar-refractivity contribution in [1.29, 1.82) is 0 Å². The Morgan fingerprint density at radius 1 is 1.05 bits per heavy atom. The third-order valence-corrected chi connectivity index (χ3v) is 3.08. The fourth-order valence-electron chi connectivity index (χ4n) is 2.08. The summed E-state index contributed by atoms with van der Waals surface area (Å²) < 4.78 is 13.1. The first-order valence-corrected chi connectivity index (χ1v) is 6.35. The van der Waals surface area contributed by atoms with Crippen LogP contribution in [-0.4, -0.2) is 4.98 Å². The van der Waals surface area contributed by atoms with Crippen LogP contribution in [-0.2, 0) is 6.54 Å². The number of nitrogen functional groups attached to an aromatic ring is 1. The van der Waals surface area contributed by atoms with E-state index in [9.17, 15) is 4.39 Å². The fourth-order valence-corrected chi connectivity index (χ4v) is 2.08. The van der Waals surface area contributed by atoms with Crippen LogP contribution in [0.15, 0.2) is 54.6 Å². The molecule has 4 heteroatoms. The number of hydrogen-bond donors (Lipinski definition) is 2. The number of benzene rings is 2. The molecule has 3 aromatic rings. The Kier molecular flexibility index (Phi) is 3.21. The van der Waals surface area contributed by atoms with Crippen molar-refractivity contribution in [3.8, 4) is 0 Å². The maximum Gasteiger partial charge on any atom is 0.126 e. The van der Waals surface area contributed by atoms with Crippen LogP contribution in [0.2, 0.25) is 0 Å². The molecule has 0 aliphatic rings. The maximum absolute atomic E-state index is 13.1. The highest BCUT2D eigenvalue weighted by molar-refractivity contribution is 5.83. The predicted octanol–water partition coefficient (Wildman–Crippen LogP) is 3.57. The molecule has 0 atom stereocenters. The Balaban J connectivity index is 1.79. The molecule has 3 N–H and O–H groups in total. The zero-order chi connectivity index (χ0) is 13.9. The van der Waals surface area contributed by atoms with Crippen molar-refractivity contribution in [3.05, 3.63) is 66.0 Å². The highest BCUT2D eigenvalue weighted by Gasteiger charge is 2.00. The first-order chi connectivity index (χ1) is 9.70. The number of fused-ring (bicyclic) bond motifs is 1. The molecule has 0 fully saturated rings. The van der Waals surface area contributed by atoms with Crippen molar-refractivity contribution < 1.29 is 4.39 Å². The number of pyridine rings is 1. The first kappa shape index (κ1) is 12.4. The minimum absolute atomic E-state index is 0.230. The largest absolute Gasteiger partial charge is 0.399 e. The van der Waals surface area contributed by atoms with Gasteiger partial charge in [0, 0.05) is 17.6 Å². The van der Waals surface area contributed by atoms with Gasteiger partial charge >= 0.3 is 0 Å². The van der Waals surface area contributed by atoms with Gasteiger partial charge in [-0.1, -0.05) is 12.1 Å². The van der Waals surface area contributed by atoms with E-state index in [2.05, 4.69) is 10.3 Å². The molecule has 0 spiro atoms. The maximum atomic E-state index is 13.1. The van der Waals surface area contributed by atoms with Crippen LogP contribution < -0.4 is 11.1 Å². The first-order valence-electron chi connectivity index (χ1n) is 6.35. The minimum atomic E-state index is -0.230. The number of hydrogen-bond acceptors (Lipinski definition) is 3. The summed E-state index contributed by atoms with van der Waals surface area (Å²) in [4.78, 5) is 4.49. The van der Waals surface area contributed by atoms with Crippen LogP contribution in [0.5, 0.6) is 0 Å². The number of nitrogens with one attached hydrogen (secondary N) is 1. The molecule has 3 rings (SSSR count). The lowest BCUT2D eigenvalue weighted by Crippen LogP contribution is -2.01. The highest BCUT2D eigenvalue weighted by Crippen LogP contribution is 2.18. The van der Waals surface area contributed by atoms with Crippen molar-refractivity contribution in [1.82, 2.24) is 4.98 Å². The Morgan fingerprint density at radius 2 is 1.95 bits per heavy atom. The lowest BCUT2D eigenvalue weighted by molar-refractivity contribution is 0.626. The molecule has 0 radical (unpaired) electrons. The summed E-state index contributed by atoms with van der Waals surface area (Å²) in [5.74, 6) is 0.526. The van der Waals surface area contributed by atoms with E-state index in [1.54, 1.807) is 6.07 Å². The van der Waals surface area contributed by atoms with E-state index in [0.29, 0.717) is 6.54 Å². The Labute approximate surface area is 116 Å². The van der Waals surface area contributed by atoms with E-state index >= 15 is 0 Å². The molecule has 0 unspecified atom stereocenters. The molecule has 3 nitrogen and oxygen atoms in total. The molecule has 0 saturated heterocycles. The Bertz CT molecular complexity index is 756. The zero-order valence-corrected chi connectivity index (χ0v) is 10.8. The van der Waals surface area contributed by atoms with Crippen molar-refractivity contribution in [2.24, 2.45) is 0 Å². The second kappa shape index (κ2) is 5.17.